The molecule has 5 rings (SSSR count). The quantitative estimate of drug-likeness (QED) is 0.0448. The third-order valence-electron chi connectivity index (χ3n) is 11.5. The van der Waals surface area contributed by atoms with Crippen LogP contribution in [0.15, 0.2) is 48.5 Å². The second-order valence-corrected chi connectivity index (χ2v) is 19.8. The number of alkyl halides is 6. The van der Waals surface area contributed by atoms with E-state index in [9.17, 15) is 46.1 Å². The first-order valence-electron chi connectivity index (χ1n) is 24.0. The number of carbonyl (C=O) groups is 4. The number of fused-ring (bicyclic) bond motifs is 8. The first kappa shape index (κ1) is 63.4. The average molecular weight is 1080 g/mol. The second-order valence-electron chi connectivity index (χ2n) is 19.8. The number of phenols is 2. The molecule has 0 saturated heterocycles. The van der Waals surface area contributed by atoms with Gasteiger partial charge in [0.15, 0.2) is 0 Å². The lowest BCUT2D eigenvalue weighted by molar-refractivity contribution is -0.193. The topological polar surface area (TPSA) is 257 Å². The fourth-order valence-electron chi connectivity index (χ4n) is 7.47. The summed E-state index contributed by atoms with van der Waals surface area (Å²) in [6.45, 7) is 17.5. The molecule has 8 N–H and O–H groups in total. The van der Waals surface area contributed by atoms with Crippen molar-refractivity contribution in [2.24, 2.45) is 11.5 Å². The highest BCUT2D eigenvalue weighted by Gasteiger charge is 2.39. The molecule has 0 spiro atoms. The molecule has 4 aromatic rings. The molecule has 16 nitrogen and oxygen atoms in total. The number of aliphatic carboxylic acids is 2. The lowest BCUT2D eigenvalue weighted by Crippen LogP contribution is -2.37. The van der Waals surface area contributed by atoms with Gasteiger partial charge in [0.25, 0.3) is 0 Å². The predicted octanol–water partition coefficient (Wildman–Crippen LogP) is 8.97. The summed E-state index contributed by atoms with van der Waals surface area (Å²) >= 11 is 0. The standard InChI is InChI=1S/C50H66N2O10.2C2HF3O2/c1-11-13-59-45-33-15-29-23-39(61-27-41(51)47(55)57-9)25-31(43(29)53)17-35-21-38(50(6,7)8)22-36(46(35)60-14-12-2)18-32-26-40(62-28-42(52)48(56)58-10)24-30(44(32)54)16-34(45)20-37(19-33)49(3,4)5;2*3-2(4,5)1(6)7/h19-26,41-42,53-54H,11-18,27-28,51-52H2,1-10H3;2*(H,6,7)/t41-,42-;;/m0../s1. The van der Waals surface area contributed by atoms with Gasteiger partial charge in [-0.1, -0.05) is 79.7 Å². The molecule has 76 heavy (non-hydrogen) atoms. The van der Waals surface area contributed by atoms with Gasteiger partial charge in [-0.2, -0.15) is 26.3 Å². The molecule has 1 aliphatic carbocycles. The van der Waals surface area contributed by atoms with E-state index >= 15 is 0 Å². The molecule has 0 aliphatic heterocycles. The lowest BCUT2D eigenvalue weighted by atomic mass is 9.81. The van der Waals surface area contributed by atoms with E-state index in [1.54, 1.807) is 24.3 Å². The maximum atomic E-state index is 12.3. The molecule has 0 saturated carbocycles. The molecule has 0 radical (unpaired) electrons. The number of methoxy groups -OCH3 is 2. The Bertz CT molecular complexity index is 2400. The summed E-state index contributed by atoms with van der Waals surface area (Å²) in [6, 6.07) is 13.6. The largest absolute Gasteiger partial charge is 0.507 e. The van der Waals surface area contributed by atoms with E-state index in [4.69, 9.17) is 59.7 Å². The van der Waals surface area contributed by atoms with Crippen LogP contribution in [0.1, 0.15) is 124 Å². The number of carboxylic acid groups (broad SMARTS) is 2. The number of hydrogen-bond acceptors (Lipinski definition) is 14. The van der Waals surface area contributed by atoms with Crippen LogP contribution >= 0.6 is 0 Å². The number of esters is 2. The molecule has 0 unspecified atom stereocenters. The van der Waals surface area contributed by atoms with Gasteiger partial charge in [0.1, 0.15) is 59.8 Å². The van der Waals surface area contributed by atoms with Gasteiger partial charge < -0.3 is 60.3 Å². The first-order valence-corrected chi connectivity index (χ1v) is 24.0. The second kappa shape index (κ2) is 26.7. The van der Waals surface area contributed by atoms with Crippen molar-refractivity contribution < 1.29 is 94.4 Å². The van der Waals surface area contributed by atoms with Gasteiger partial charge in [0, 0.05) is 47.9 Å². The zero-order valence-electron chi connectivity index (χ0n) is 44.1. The fourth-order valence-corrected chi connectivity index (χ4v) is 7.47. The van der Waals surface area contributed by atoms with Crippen molar-refractivity contribution >= 4 is 23.9 Å². The van der Waals surface area contributed by atoms with E-state index in [1.807, 2.05) is 13.8 Å². The molecule has 1 aliphatic rings. The molecule has 0 amide bonds. The molecule has 2 atom stereocenters. The Kier molecular flexibility index (Phi) is 22.3. The Morgan fingerprint density at radius 3 is 0.947 bits per heavy atom. The molecule has 420 valence electrons. The Hall–Kier alpha value is -6.94. The number of halogens is 6. The summed E-state index contributed by atoms with van der Waals surface area (Å²) < 4.78 is 98.8. The zero-order valence-corrected chi connectivity index (χ0v) is 44.1. The Balaban J connectivity index is 0.000000953. The third kappa shape index (κ3) is 18.1. The minimum absolute atomic E-state index is 0.102. The Morgan fingerprint density at radius 2 is 0.750 bits per heavy atom. The predicted molar refractivity (Wildman–Crippen MR) is 268 cm³/mol. The van der Waals surface area contributed by atoms with Gasteiger partial charge in [-0.15, -0.1) is 0 Å². The first-order chi connectivity index (χ1) is 35.2. The number of nitrogens with two attached hydrogens (primary N) is 2. The van der Waals surface area contributed by atoms with Crippen molar-refractivity contribution in [3.63, 3.8) is 0 Å². The summed E-state index contributed by atoms with van der Waals surface area (Å²) in [5.74, 6) is -4.37. The highest BCUT2D eigenvalue weighted by molar-refractivity contribution is 5.76. The number of ether oxygens (including phenoxy) is 6. The Labute approximate surface area is 437 Å². The van der Waals surface area contributed by atoms with Crippen molar-refractivity contribution in [1.82, 2.24) is 0 Å². The van der Waals surface area contributed by atoms with Crippen LogP contribution in [0.3, 0.4) is 0 Å². The summed E-state index contributed by atoms with van der Waals surface area (Å²) in [5, 5.41) is 38.9. The summed E-state index contributed by atoms with van der Waals surface area (Å²) in [4.78, 5) is 42.4. The number of aromatic hydroxyl groups is 2. The molecule has 4 aromatic carbocycles. The van der Waals surface area contributed by atoms with Crippen LogP contribution in [-0.2, 0) is 65.2 Å². The van der Waals surface area contributed by atoms with E-state index in [0.717, 1.165) is 46.2 Å². The van der Waals surface area contributed by atoms with Crippen molar-refractivity contribution in [2.45, 2.75) is 129 Å². The lowest BCUT2D eigenvalue weighted by Gasteiger charge is -2.26. The third-order valence-corrected chi connectivity index (χ3v) is 11.5. The van der Waals surface area contributed by atoms with E-state index < -0.39 is 48.3 Å². The minimum atomic E-state index is -5.08. The van der Waals surface area contributed by atoms with Gasteiger partial charge in [0.05, 0.1) is 27.4 Å². The molecule has 0 fully saturated rings. The maximum absolute atomic E-state index is 12.3. The van der Waals surface area contributed by atoms with Gasteiger partial charge >= 0.3 is 36.2 Å². The van der Waals surface area contributed by atoms with Gasteiger partial charge in [-0.25, -0.2) is 9.59 Å². The van der Waals surface area contributed by atoms with E-state index in [1.165, 1.54) is 14.2 Å². The van der Waals surface area contributed by atoms with Crippen LogP contribution in [0.2, 0.25) is 0 Å². The average Bonchev–Trinajstić information content (AvgIpc) is 3.32. The number of carboxylic acids is 2. The van der Waals surface area contributed by atoms with Gasteiger partial charge in [0.2, 0.25) is 0 Å². The minimum Gasteiger partial charge on any atom is -0.507 e. The molecule has 22 heteroatoms. The SMILES string of the molecule is CCCOc1c2cc(C(C)(C)C)cc1Cc1cc(OC[C@H](N)C(=O)OC)cc(c1O)Cc1cc(C(C)(C)C)cc(c1OCCC)Cc1cc(OC[C@H](N)C(=O)OC)cc(c1O)C2.O=C(O)C(F)(F)F.O=C(O)C(F)(F)F. The monoisotopic (exact) mass is 1080 g/mol. The van der Waals surface area contributed by atoms with Crippen LogP contribution in [0.4, 0.5) is 26.3 Å². The molecular weight excluding hydrogens is 1010 g/mol. The van der Waals surface area contributed by atoms with E-state index in [2.05, 4.69) is 65.8 Å². The number of hydrogen-bond donors (Lipinski definition) is 6. The van der Waals surface area contributed by atoms with Crippen molar-refractivity contribution in [3.05, 3.63) is 104 Å². The van der Waals surface area contributed by atoms with Crippen LogP contribution in [0, 0.1) is 0 Å². The van der Waals surface area contributed by atoms with Crippen molar-refractivity contribution in [1.29, 1.82) is 0 Å². The smallest absolute Gasteiger partial charge is 0.490 e. The number of carbonyl (C=O) groups excluding carboxylic acids is 2. The zero-order chi connectivity index (χ0) is 57.7. The van der Waals surface area contributed by atoms with Crippen LogP contribution < -0.4 is 30.4 Å². The molecule has 0 aromatic heterocycles. The highest BCUT2D eigenvalue weighted by Crippen LogP contribution is 2.43. The molecule has 8 bridgehead atoms. The van der Waals surface area contributed by atoms with E-state index in [-0.39, 0.29) is 61.2 Å². The van der Waals surface area contributed by atoms with E-state index in [0.29, 0.717) is 58.5 Å². The molecule has 0 heterocycles. The number of rotatable bonds is 14. The van der Waals surface area contributed by atoms with Crippen LogP contribution in [0.25, 0.3) is 0 Å². The fraction of sp³-hybridized carbons (Fsp3) is 0.481. The highest BCUT2D eigenvalue weighted by atomic mass is 19.4. The van der Waals surface area contributed by atoms with Crippen LogP contribution in [0.5, 0.6) is 34.5 Å². The number of phenolic OH excluding ortho intramolecular Hbond substituents is 2. The maximum Gasteiger partial charge on any atom is 0.490 e. The molecular formula is C54H68F6N2O14. The van der Waals surface area contributed by atoms with Crippen molar-refractivity contribution in [2.75, 3.05) is 40.6 Å². The van der Waals surface area contributed by atoms with Crippen LogP contribution in [-0.4, -0.2) is 109 Å². The summed E-state index contributed by atoms with van der Waals surface area (Å²) in [5.41, 5.74) is 19.4. The summed E-state index contributed by atoms with van der Waals surface area (Å²) in [7, 11) is 2.56. The van der Waals surface area contributed by atoms with Crippen molar-refractivity contribution in [3.8, 4) is 34.5 Å². The normalized spacial score (nSPS) is 13.3. The summed E-state index contributed by atoms with van der Waals surface area (Å²) in [6.07, 6.45) is -7.65. The number of benzene rings is 4. The van der Waals surface area contributed by atoms with Gasteiger partial charge in [-0.3, -0.25) is 9.59 Å². The Morgan fingerprint density at radius 1 is 0.500 bits per heavy atom. The van der Waals surface area contributed by atoms with Gasteiger partial charge in [-0.05, 0) is 81.3 Å².